The number of benzene rings is 2. The molecule has 140 valence electrons. The van der Waals surface area contributed by atoms with Crippen molar-refractivity contribution < 1.29 is 17.9 Å². The van der Waals surface area contributed by atoms with Crippen molar-refractivity contribution in [3.8, 4) is 5.75 Å². The first kappa shape index (κ1) is 20.1. The molecule has 0 atom stereocenters. The van der Waals surface area contributed by atoms with Crippen LogP contribution in [0.3, 0.4) is 0 Å². The molecule has 0 unspecified atom stereocenters. The molecule has 1 N–H and O–H groups in total. The fourth-order valence-corrected chi connectivity index (χ4v) is 3.17. The van der Waals surface area contributed by atoms with Crippen LogP contribution in [0.2, 0.25) is 5.02 Å². The maximum Gasteiger partial charge on any atom is 0.240 e. The van der Waals surface area contributed by atoms with Gasteiger partial charge < -0.3 is 10.1 Å². The van der Waals surface area contributed by atoms with Gasteiger partial charge in [0, 0.05) is 5.02 Å². The number of hydrogen-bond acceptors (Lipinski definition) is 4. The molecule has 2 aromatic carbocycles. The number of anilines is 1. The van der Waals surface area contributed by atoms with E-state index in [1.807, 2.05) is 6.92 Å². The molecule has 0 saturated heterocycles. The van der Waals surface area contributed by atoms with Gasteiger partial charge in [0.1, 0.15) is 18.9 Å². The molecule has 0 aliphatic heterocycles. The summed E-state index contributed by atoms with van der Waals surface area (Å²) in [6.45, 7) is 2.13. The summed E-state index contributed by atoms with van der Waals surface area (Å²) in [5.41, 5.74) is 1.46. The van der Waals surface area contributed by atoms with Gasteiger partial charge in [-0.25, -0.2) is 8.42 Å². The highest BCUT2D eigenvalue weighted by Crippen LogP contribution is 2.18. The number of carbonyl (C=O) groups excluding carboxylic acids is 1. The summed E-state index contributed by atoms with van der Waals surface area (Å²) in [6, 6.07) is 13.8. The predicted molar refractivity (Wildman–Crippen MR) is 103 cm³/mol. The van der Waals surface area contributed by atoms with E-state index < -0.39 is 15.9 Å². The molecule has 0 spiro atoms. The number of carbonyl (C=O) groups is 1. The lowest BCUT2D eigenvalue weighted by Crippen LogP contribution is -2.41. The van der Waals surface area contributed by atoms with Crippen LogP contribution in [0.25, 0.3) is 0 Å². The molecular formula is C18H21ClN2O4S. The molecule has 1 amide bonds. The van der Waals surface area contributed by atoms with Gasteiger partial charge in [-0.05, 0) is 43.3 Å². The zero-order valence-electron chi connectivity index (χ0n) is 14.6. The Balaban J connectivity index is 1.87. The summed E-state index contributed by atoms with van der Waals surface area (Å²) < 4.78 is 30.6. The van der Waals surface area contributed by atoms with Gasteiger partial charge in [0.2, 0.25) is 15.9 Å². The van der Waals surface area contributed by atoms with Crippen LogP contribution in [0, 0.1) is 6.92 Å². The van der Waals surface area contributed by atoms with Crippen LogP contribution in [0.15, 0.2) is 48.5 Å². The average molecular weight is 397 g/mol. The number of sulfonamides is 1. The van der Waals surface area contributed by atoms with E-state index in [-0.39, 0.29) is 19.7 Å². The Hall–Kier alpha value is -2.25. The topological polar surface area (TPSA) is 75.7 Å². The molecule has 2 aromatic rings. The van der Waals surface area contributed by atoms with Crippen molar-refractivity contribution in [2.24, 2.45) is 0 Å². The normalized spacial score (nSPS) is 11.0. The summed E-state index contributed by atoms with van der Waals surface area (Å²) in [5, 5.41) is 3.27. The summed E-state index contributed by atoms with van der Waals surface area (Å²) in [5.74, 6) is 0.233. The van der Waals surface area contributed by atoms with E-state index in [1.54, 1.807) is 48.5 Å². The quantitative estimate of drug-likeness (QED) is 0.696. The molecule has 0 aromatic heterocycles. The lowest BCUT2D eigenvalue weighted by molar-refractivity contribution is -0.119. The Bertz CT molecular complexity index is 836. The first-order chi connectivity index (χ1) is 12.3. The molecule has 0 saturated carbocycles. The Morgan fingerprint density at radius 3 is 2.31 bits per heavy atom. The zero-order chi connectivity index (χ0) is 19.2. The molecule has 0 aliphatic rings. The molecule has 0 heterocycles. The van der Waals surface area contributed by atoms with Crippen molar-refractivity contribution in [3.05, 3.63) is 59.1 Å². The Morgan fingerprint density at radius 2 is 1.73 bits per heavy atom. The van der Waals surface area contributed by atoms with Crippen LogP contribution in [0.4, 0.5) is 5.69 Å². The third-order valence-electron chi connectivity index (χ3n) is 3.52. The van der Waals surface area contributed by atoms with E-state index in [4.69, 9.17) is 16.3 Å². The third kappa shape index (κ3) is 6.24. The van der Waals surface area contributed by atoms with Crippen molar-refractivity contribution in [3.63, 3.8) is 0 Å². The van der Waals surface area contributed by atoms with E-state index >= 15 is 0 Å². The van der Waals surface area contributed by atoms with E-state index in [1.165, 1.54) is 0 Å². The highest BCUT2D eigenvalue weighted by molar-refractivity contribution is 7.92. The number of nitrogens with one attached hydrogen (secondary N) is 1. The highest BCUT2D eigenvalue weighted by atomic mass is 35.5. The van der Waals surface area contributed by atoms with Gasteiger partial charge >= 0.3 is 0 Å². The molecule has 6 nitrogen and oxygen atoms in total. The van der Waals surface area contributed by atoms with Gasteiger partial charge in [0.15, 0.2) is 0 Å². The molecule has 2 rings (SSSR count). The van der Waals surface area contributed by atoms with Gasteiger partial charge in [-0.2, -0.15) is 0 Å². The van der Waals surface area contributed by atoms with Crippen LogP contribution in [0.1, 0.15) is 5.56 Å². The molecule has 26 heavy (non-hydrogen) atoms. The van der Waals surface area contributed by atoms with Gasteiger partial charge in [-0.15, -0.1) is 0 Å². The summed E-state index contributed by atoms with van der Waals surface area (Å²) in [7, 11) is -3.57. The van der Waals surface area contributed by atoms with Crippen LogP contribution in [-0.4, -0.2) is 40.3 Å². The zero-order valence-corrected chi connectivity index (χ0v) is 16.2. The maximum absolute atomic E-state index is 12.1. The standard InChI is InChI=1S/C18H21ClN2O4S/c1-14-3-7-16(8-4-14)21(26(2,23)24)13-18(22)20-11-12-25-17-9-5-15(19)6-10-17/h3-10H,11-13H2,1-2H3,(H,20,22). The van der Waals surface area contributed by atoms with E-state index in [9.17, 15) is 13.2 Å². The first-order valence-corrected chi connectivity index (χ1v) is 10.2. The number of ether oxygens (including phenoxy) is 1. The fraction of sp³-hybridized carbons (Fsp3) is 0.278. The van der Waals surface area contributed by atoms with Gasteiger partial charge in [-0.3, -0.25) is 9.10 Å². The Kier molecular flexibility index (Phi) is 6.88. The van der Waals surface area contributed by atoms with Crippen molar-refractivity contribution in [2.75, 3.05) is 30.3 Å². The van der Waals surface area contributed by atoms with Gasteiger partial charge in [0.25, 0.3) is 0 Å². The monoisotopic (exact) mass is 396 g/mol. The lowest BCUT2D eigenvalue weighted by Gasteiger charge is -2.22. The summed E-state index contributed by atoms with van der Waals surface area (Å²) in [4.78, 5) is 12.1. The van der Waals surface area contributed by atoms with Crippen LogP contribution >= 0.6 is 11.6 Å². The molecular weight excluding hydrogens is 376 g/mol. The van der Waals surface area contributed by atoms with E-state index in [0.717, 1.165) is 16.1 Å². The minimum absolute atomic E-state index is 0.257. The van der Waals surface area contributed by atoms with Crippen LogP contribution in [0.5, 0.6) is 5.75 Å². The van der Waals surface area contributed by atoms with E-state index in [0.29, 0.717) is 16.5 Å². The molecule has 0 aliphatic carbocycles. The third-order valence-corrected chi connectivity index (χ3v) is 4.91. The second-order valence-corrected chi connectivity index (χ2v) is 8.10. The first-order valence-electron chi connectivity index (χ1n) is 7.95. The predicted octanol–water partition coefficient (Wildman–Crippen LogP) is 2.61. The van der Waals surface area contributed by atoms with Crippen molar-refractivity contribution in [1.82, 2.24) is 5.32 Å². The maximum atomic E-state index is 12.1. The largest absolute Gasteiger partial charge is 0.492 e. The number of rotatable bonds is 8. The number of halogens is 1. The number of amides is 1. The molecule has 0 bridgehead atoms. The SMILES string of the molecule is Cc1ccc(N(CC(=O)NCCOc2ccc(Cl)cc2)S(C)(=O)=O)cc1. The Labute approximate surface area is 158 Å². The van der Waals surface area contributed by atoms with Crippen LogP contribution < -0.4 is 14.4 Å². The molecule has 0 radical (unpaired) electrons. The number of aryl methyl sites for hydroxylation is 1. The number of hydrogen-bond donors (Lipinski definition) is 1. The van der Waals surface area contributed by atoms with Gasteiger partial charge in [0.05, 0.1) is 18.5 Å². The smallest absolute Gasteiger partial charge is 0.240 e. The van der Waals surface area contributed by atoms with Crippen LogP contribution in [-0.2, 0) is 14.8 Å². The minimum Gasteiger partial charge on any atom is -0.492 e. The summed E-state index contributed by atoms with van der Waals surface area (Å²) >= 11 is 5.79. The lowest BCUT2D eigenvalue weighted by atomic mass is 10.2. The van der Waals surface area contributed by atoms with E-state index in [2.05, 4.69) is 5.32 Å². The second-order valence-electron chi connectivity index (χ2n) is 5.76. The van der Waals surface area contributed by atoms with Gasteiger partial charge in [-0.1, -0.05) is 29.3 Å². The second kappa shape index (κ2) is 8.91. The average Bonchev–Trinajstić information content (AvgIpc) is 2.58. The van der Waals surface area contributed by atoms with Crippen molar-refractivity contribution in [1.29, 1.82) is 0 Å². The Morgan fingerprint density at radius 1 is 1.12 bits per heavy atom. The summed E-state index contributed by atoms with van der Waals surface area (Å²) in [6.07, 6.45) is 1.07. The molecule has 8 heteroatoms. The molecule has 0 fully saturated rings. The fourth-order valence-electron chi connectivity index (χ4n) is 2.19. The minimum atomic E-state index is -3.57. The van der Waals surface area contributed by atoms with Crippen molar-refractivity contribution in [2.45, 2.75) is 6.92 Å². The number of nitrogens with zero attached hydrogens (tertiary/aromatic N) is 1. The highest BCUT2D eigenvalue weighted by Gasteiger charge is 2.20. The van der Waals surface area contributed by atoms with Crippen molar-refractivity contribution >= 4 is 33.2 Å².